The van der Waals surface area contributed by atoms with Crippen LogP contribution in [0.5, 0.6) is 0 Å². The smallest absolute Gasteiger partial charge is 0.183 e. The topological polar surface area (TPSA) is 54.4 Å². The van der Waals surface area contributed by atoms with Crippen molar-refractivity contribution < 1.29 is 17.9 Å². The number of benzene rings is 1. The molecule has 5 heteroatoms. The van der Waals surface area contributed by atoms with Gasteiger partial charge in [-0.05, 0) is 31.0 Å². The van der Waals surface area contributed by atoms with Gasteiger partial charge in [-0.3, -0.25) is 0 Å². The molecule has 2 unspecified atom stereocenters. The van der Waals surface area contributed by atoms with Crippen LogP contribution in [0.1, 0.15) is 33.1 Å². The lowest BCUT2D eigenvalue weighted by molar-refractivity contribution is 0.155. The van der Waals surface area contributed by atoms with Crippen molar-refractivity contribution in [1.82, 2.24) is 0 Å². The van der Waals surface area contributed by atoms with E-state index in [9.17, 15) is 17.9 Å². The van der Waals surface area contributed by atoms with E-state index in [0.29, 0.717) is 19.3 Å². The maximum absolute atomic E-state index is 13.1. The van der Waals surface area contributed by atoms with Crippen molar-refractivity contribution in [1.29, 1.82) is 0 Å². The highest BCUT2D eigenvalue weighted by molar-refractivity contribution is 7.92. The minimum atomic E-state index is -3.69. The van der Waals surface area contributed by atoms with E-state index in [-0.39, 0.29) is 4.90 Å². The van der Waals surface area contributed by atoms with Crippen molar-refractivity contribution in [2.75, 3.05) is 0 Å². The second kappa shape index (κ2) is 6.29. The number of sulfone groups is 1. The second-order valence-electron chi connectivity index (χ2n) is 4.31. The lowest BCUT2D eigenvalue weighted by atomic mass is 10.1. The summed E-state index contributed by atoms with van der Waals surface area (Å²) >= 11 is 0. The molecule has 0 aliphatic carbocycles. The maximum Gasteiger partial charge on any atom is 0.183 e. The normalized spacial score (nSPS) is 15.3. The first-order valence-corrected chi connectivity index (χ1v) is 7.65. The lowest BCUT2D eigenvalue weighted by Gasteiger charge is -2.21. The minimum Gasteiger partial charge on any atom is -0.392 e. The molecule has 0 aliphatic heterocycles. The van der Waals surface area contributed by atoms with Crippen LogP contribution in [-0.4, -0.2) is 24.9 Å². The number of aliphatic hydroxyl groups excluding tert-OH is 1. The molecule has 3 nitrogen and oxygen atoms in total. The van der Waals surface area contributed by atoms with Gasteiger partial charge in [0.05, 0.1) is 16.2 Å². The molecule has 0 heterocycles. The van der Waals surface area contributed by atoms with Gasteiger partial charge in [0.1, 0.15) is 5.82 Å². The minimum absolute atomic E-state index is 0.0653. The van der Waals surface area contributed by atoms with E-state index < -0.39 is 27.0 Å². The molecule has 1 aromatic carbocycles. The Morgan fingerprint density at radius 1 is 1.33 bits per heavy atom. The Kier molecular flexibility index (Phi) is 5.28. The lowest BCUT2D eigenvalue weighted by Crippen LogP contribution is -2.33. The number of rotatable bonds is 6. The summed E-state index contributed by atoms with van der Waals surface area (Å²) in [6, 6.07) is 4.92. The quantitative estimate of drug-likeness (QED) is 0.867. The van der Waals surface area contributed by atoms with E-state index in [1.54, 1.807) is 6.92 Å². The largest absolute Gasteiger partial charge is 0.392 e. The average Bonchev–Trinajstić information content (AvgIpc) is 2.30. The van der Waals surface area contributed by atoms with Crippen molar-refractivity contribution in [3.05, 3.63) is 30.1 Å². The molecule has 0 radical (unpaired) electrons. The Morgan fingerprint density at radius 2 is 2.00 bits per heavy atom. The molecule has 1 N–H and O–H groups in total. The van der Waals surface area contributed by atoms with Crippen LogP contribution in [0.25, 0.3) is 0 Å². The monoisotopic (exact) mass is 274 g/mol. The van der Waals surface area contributed by atoms with Crippen molar-refractivity contribution in [3.63, 3.8) is 0 Å². The highest BCUT2D eigenvalue weighted by Crippen LogP contribution is 2.23. The molecule has 0 amide bonds. The zero-order valence-electron chi connectivity index (χ0n) is 10.6. The first-order valence-electron chi connectivity index (χ1n) is 6.11. The molecule has 18 heavy (non-hydrogen) atoms. The molecule has 102 valence electrons. The summed E-state index contributed by atoms with van der Waals surface area (Å²) in [5.74, 6) is -0.587. The standard InChI is InChI=1S/C13H19FO3S/c1-3-6-12(15)13(4-2)18(16,17)11-8-5-7-10(14)9-11/h5,7-9,12-13,15H,3-4,6H2,1-2H3. The fourth-order valence-electron chi connectivity index (χ4n) is 2.00. The Morgan fingerprint density at radius 3 is 2.50 bits per heavy atom. The Hall–Kier alpha value is -0.940. The predicted molar refractivity (Wildman–Crippen MR) is 68.6 cm³/mol. The molecule has 2 atom stereocenters. The van der Waals surface area contributed by atoms with Crippen LogP contribution in [-0.2, 0) is 9.84 Å². The van der Waals surface area contributed by atoms with Gasteiger partial charge in [0.25, 0.3) is 0 Å². The zero-order chi connectivity index (χ0) is 13.8. The Labute approximate surface area is 108 Å². The first kappa shape index (κ1) is 15.1. The number of hydrogen-bond donors (Lipinski definition) is 1. The van der Waals surface area contributed by atoms with E-state index >= 15 is 0 Å². The number of halogens is 1. The third-order valence-electron chi connectivity index (χ3n) is 2.94. The summed E-state index contributed by atoms with van der Waals surface area (Å²) in [7, 11) is -3.69. The van der Waals surface area contributed by atoms with Gasteiger partial charge in [-0.1, -0.05) is 26.3 Å². The van der Waals surface area contributed by atoms with Crippen LogP contribution in [0.2, 0.25) is 0 Å². The van der Waals surface area contributed by atoms with E-state index in [4.69, 9.17) is 0 Å². The average molecular weight is 274 g/mol. The first-order chi connectivity index (χ1) is 8.43. The molecule has 0 spiro atoms. The van der Waals surface area contributed by atoms with Crippen molar-refractivity contribution in [2.24, 2.45) is 0 Å². The van der Waals surface area contributed by atoms with E-state index in [2.05, 4.69) is 0 Å². The van der Waals surface area contributed by atoms with E-state index in [1.807, 2.05) is 6.92 Å². The zero-order valence-corrected chi connectivity index (χ0v) is 11.5. The molecule has 1 rings (SSSR count). The van der Waals surface area contributed by atoms with Gasteiger partial charge in [0, 0.05) is 0 Å². The molecule has 0 bridgehead atoms. The molecule has 0 saturated carbocycles. The van der Waals surface area contributed by atoms with Gasteiger partial charge in [0.15, 0.2) is 9.84 Å². The fraction of sp³-hybridized carbons (Fsp3) is 0.538. The SMILES string of the molecule is CCCC(O)C(CC)S(=O)(=O)c1cccc(F)c1. The third-order valence-corrected chi connectivity index (χ3v) is 5.29. The van der Waals surface area contributed by atoms with Gasteiger partial charge in [0.2, 0.25) is 0 Å². The van der Waals surface area contributed by atoms with Gasteiger partial charge in [-0.2, -0.15) is 0 Å². The van der Waals surface area contributed by atoms with Crippen LogP contribution in [0.15, 0.2) is 29.2 Å². The van der Waals surface area contributed by atoms with Crippen LogP contribution in [0.4, 0.5) is 4.39 Å². The molecule has 1 aromatic rings. The molecule has 0 saturated heterocycles. The van der Waals surface area contributed by atoms with Gasteiger partial charge < -0.3 is 5.11 Å². The van der Waals surface area contributed by atoms with E-state index in [1.165, 1.54) is 18.2 Å². The van der Waals surface area contributed by atoms with Crippen molar-refractivity contribution in [2.45, 2.75) is 49.4 Å². The highest BCUT2D eigenvalue weighted by atomic mass is 32.2. The van der Waals surface area contributed by atoms with Gasteiger partial charge >= 0.3 is 0 Å². The molecule has 0 fully saturated rings. The number of hydrogen-bond acceptors (Lipinski definition) is 3. The van der Waals surface area contributed by atoms with Gasteiger partial charge in [-0.25, -0.2) is 12.8 Å². The molecule has 0 aromatic heterocycles. The van der Waals surface area contributed by atoms with Crippen molar-refractivity contribution >= 4 is 9.84 Å². The number of aliphatic hydroxyl groups is 1. The molecular formula is C13H19FO3S. The Balaban J connectivity index is 3.11. The van der Waals surface area contributed by atoms with Gasteiger partial charge in [-0.15, -0.1) is 0 Å². The summed E-state index contributed by atoms with van der Waals surface area (Å²) in [6.07, 6.45) is 0.525. The summed E-state index contributed by atoms with van der Waals surface area (Å²) in [6.45, 7) is 3.59. The van der Waals surface area contributed by atoms with Crippen LogP contribution in [0.3, 0.4) is 0 Å². The van der Waals surface area contributed by atoms with Crippen molar-refractivity contribution in [3.8, 4) is 0 Å². The van der Waals surface area contributed by atoms with Crippen LogP contribution in [0, 0.1) is 5.82 Å². The van der Waals surface area contributed by atoms with Crippen LogP contribution >= 0.6 is 0 Å². The molecular weight excluding hydrogens is 255 g/mol. The van der Waals surface area contributed by atoms with Crippen LogP contribution < -0.4 is 0 Å². The fourth-order valence-corrected chi connectivity index (χ4v) is 3.88. The van der Waals surface area contributed by atoms with E-state index in [0.717, 1.165) is 6.07 Å². The summed E-state index contributed by atoms with van der Waals surface area (Å²) in [5, 5.41) is 9.03. The Bertz CT molecular complexity index is 485. The summed E-state index contributed by atoms with van der Waals surface area (Å²) in [5.41, 5.74) is 0. The predicted octanol–water partition coefficient (Wildman–Crippen LogP) is 2.54. The second-order valence-corrected chi connectivity index (χ2v) is 6.47. The summed E-state index contributed by atoms with van der Waals surface area (Å²) < 4.78 is 37.7. The summed E-state index contributed by atoms with van der Waals surface area (Å²) in [4.78, 5) is -0.0653. The maximum atomic E-state index is 13.1. The highest BCUT2D eigenvalue weighted by Gasteiger charge is 2.31. The third kappa shape index (κ3) is 3.29. The molecule has 0 aliphatic rings.